The average Bonchev–Trinajstić information content (AvgIpc) is 3.65. The first kappa shape index (κ1) is 24.0. The Morgan fingerprint density at radius 1 is 1.11 bits per heavy atom. The zero-order chi connectivity index (χ0) is 25.1. The Hall–Kier alpha value is -3.68. The van der Waals surface area contributed by atoms with Gasteiger partial charge < -0.3 is 11.1 Å². The summed E-state index contributed by atoms with van der Waals surface area (Å²) >= 11 is 0. The Bertz CT molecular complexity index is 1360. The largest absolute Gasteiger partial charge is 0.326 e. The van der Waals surface area contributed by atoms with Crippen LogP contribution >= 0.6 is 0 Å². The van der Waals surface area contributed by atoms with Crippen molar-refractivity contribution in [2.24, 2.45) is 11.7 Å². The highest BCUT2D eigenvalue weighted by molar-refractivity contribution is 5.96. The van der Waals surface area contributed by atoms with Crippen LogP contribution in [0.1, 0.15) is 57.3 Å². The van der Waals surface area contributed by atoms with Gasteiger partial charge in [0.2, 0.25) is 0 Å². The lowest BCUT2D eigenvalue weighted by molar-refractivity contribution is 0.0984. The van der Waals surface area contributed by atoms with E-state index in [0.29, 0.717) is 29.4 Å². The quantitative estimate of drug-likeness (QED) is 0.320. The van der Waals surface area contributed by atoms with Gasteiger partial charge in [-0.2, -0.15) is 5.10 Å². The number of nitrogens with one attached hydrogen (secondary N) is 1. The maximum absolute atomic E-state index is 14.9. The summed E-state index contributed by atoms with van der Waals surface area (Å²) in [5.41, 5.74) is 11.0. The molecular formula is C29H30FN5O. The third-order valence-corrected chi connectivity index (χ3v) is 6.61. The van der Waals surface area contributed by atoms with Gasteiger partial charge in [0.15, 0.2) is 5.78 Å². The van der Waals surface area contributed by atoms with Gasteiger partial charge in [-0.25, -0.2) is 9.07 Å². The molecule has 0 spiro atoms. The highest BCUT2D eigenvalue weighted by Crippen LogP contribution is 2.30. The number of nitrogens with two attached hydrogens (primary N) is 1. The third kappa shape index (κ3) is 5.42. The van der Waals surface area contributed by atoms with E-state index < -0.39 is 5.82 Å². The van der Waals surface area contributed by atoms with E-state index in [2.05, 4.69) is 15.4 Å². The summed E-state index contributed by atoms with van der Waals surface area (Å²) in [6.45, 7) is 3.13. The Labute approximate surface area is 210 Å². The average molecular weight is 484 g/mol. The van der Waals surface area contributed by atoms with Gasteiger partial charge in [0.1, 0.15) is 11.5 Å². The molecule has 7 heteroatoms. The van der Waals surface area contributed by atoms with Crippen LogP contribution in [-0.4, -0.2) is 27.1 Å². The number of carbonyl (C=O) groups is 1. The van der Waals surface area contributed by atoms with E-state index in [1.807, 2.05) is 43.3 Å². The molecule has 1 aliphatic carbocycles. The van der Waals surface area contributed by atoms with Crippen molar-refractivity contribution in [3.05, 3.63) is 113 Å². The summed E-state index contributed by atoms with van der Waals surface area (Å²) in [4.78, 5) is 17.6. The van der Waals surface area contributed by atoms with Crippen LogP contribution in [0.5, 0.6) is 0 Å². The zero-order valence-electron chi connectivity index (χ0n) is 20.3. The normalized spacial score (nSPS) is 14.1. The fraction of sp³-hybridized carbons (Fsp3) is 0.276. The van der Waals surface area contributed by atoms with Crippen LogP contribution in [0.3, 0.4) is 0 Å². The second kappa shape index (κ2) is 10.5. The van der Waals surface area contributed by atoms with Crippen LogP contribution in [-0.2, 0) is 13.0 Å². The molecule has 1 aliphatic rings. The summed E-state index contributed by atoms with van der Waals surface area (Å²) < 4.78 is 16.6. The molecule has 0 radical (unpaired) electrons. The van der Waals surface area contributed by atoms with Crippen LogP contribution in [0.25, 0.3) is 5.69 Å². The van der Waals surface area contributed by atoms with E-state index in [1.165, 1.54) is 18.9 Å². The molecule has 6 nitrogen and oxygen atoms in total. The lowest BCUT2D eigenvalue weighted by Crippen LogP contribution is -2.25. The van der Waals surface area contributed by atoms with Gasteiger partial charge in [-0.3, -0.25) is 9.78 Å². The maximum atomic E-state index is 14.9. The van der Waals surface area contributed by atoms with Gasteiger partial charge in [0.05, 0.1) is 17.4 Å². The second-order valence-corrected chi connectivity index (χ2v) is 9.47. The summed E-state index contributed by atoms with van der Waals surface area (Å²) in [5, 5.41) is 8.15. The van der Waals surface area contributed by atoms with Gasteiger partial charge in [-0.15, -0.1) is 0 Å². The van der Waals surface area contributed by atoms with E-state index in [1.54, 1.807) is 35.3 Å². The van der Waals surface area contributed by atoms with Gasteiger partial charge in [0.25, 0.3) is 0 Å². The maximum Gasteiger partial charge on any atom is 0.185 e. The third-order valence-electron chi connectivity index (χ3n) is 6.61. The molecule has 1 saturated carbocycles. The number of benzene rings is 2. The molecule has 2 aromatic carbocycles. The number of aromatic nitrogens is 3. The molecular weight excluding hydrogens is 453 g/mol. The predicted molar refractivity (Wildman–Crippen MR) is 137 cm³/mol. The van der Waals surface area contributed by atoms with Crippen LogP contribution in [0.2, 0.25) is 0 Å². The van der Waals surface area contributed by atoms with Crippen LogP contribution in [0.4, 0.5) is 4.39 Å². The number of carbonyl (C=O) groups excluding carboxylic acids is 1. The fourth-order valence-corrected chi connectivity index (χ4v) is 4.47. The van der Waals surface area contributed by atoms with E-state index in [0.717, 1.165) is 28.9 Å². The molecule has 5 rings (SSSR count). The Kier molecular flexibility index (Phi) is 7.02. The van der Waals surface area contributed by atoms with Gasteiger partial charge in [0, 0.05) is 25.4 Å². The summed E-state index contributed by atoms with van der Waals surface area (Å²) in [7, 11) is 0. The van der Waals surface area contributed by atoms with E-state index in [4.69, 9.17) is 5.73 Å². The first-order valence-electron chi connectivity index (χ1n) is 12.3. The van der Waals surface area contributed by atoms with E-state index >= 15 is 0 Å². The number of Topliss-reactive ketones (excluding diaryl/α,β-unsaturated/α-hetero) is 1. The lowest BCUT2D eigenvalue weighted by atomic mass is 9.95. The number of ketones is 1. The van der Waals surface area contributed by atoms with Gasteiger partial charge in [-0.1, -0.05) is 24.3 Å². The molecule has 2 aromatic heterocycles. The van der Waals surface area contributed by atoms with Crippen molar-refractivity contribution in [2.45, 2.75) is 38.8 Å². The van der Waals surface area contributed by atoms with Crippen molar-refractivity contribution >= 4 is 5.78 Å². The molecule has 3 N–H and O–H groups in total. The first-order chi connectivity index (χ1) is 17.5. The van der Waals surface area contributed by atoms with E-state index in [9.17, 15) is 9.18 Å². The molecule has 0 aliphatic heterocycles. The number of nitrogens with zero attached hydrogens (tertiary/aromatic N) is 3. The minimum Gasteiger partial charge on any atom is -0.326 e. The molecule has 0 bridgehead atoms. The van der Waals surface area contributed by atoms with Crippen molar-refractivity contribution in [1.29, 1.82) is 0 Å². The summed E-state index contributed by atoms with van der Waals surface area (Å²) in [6.07, 6.45) is 5.94. The van der Waals surface area contributed by atoms with Gasteiger partial charge >= 0.3 is 0 Å². The fourth-order valence-electron chi connectivity index (χ4n) is 4.47. The minimum atomic E-state index is -0.393. The summed E-state index contributed by atoms with van der Waals surface area (Å²) in [6, 6.07) is 18.2. The molecule has 36 heavy (non-hydrogen) atoms. The minimum absolute atomic E-state index is 0.0624. The van der Waals surface area contributed by atoms with Gasteiger partial charge in [-0.05, 0) is 90.9 Å². The van der Waals surface area contributed by atoms with Crippen molar-refractivity contribution < 1.29 is 9.18 Å². The second-order valence-electron chi connectivity index (χ2n) is 9.47. The van der Waals surface area contributed by atoms with Crippen LogP contribution in [0.15, 0.2) is 73.1 Å². The SMILES string of the molecule is Cc1cc(C(=O)Cc2cc(C(NCC3CC3)c3ccncc3)ccc2F)n(-c2cccc(CN)c2)n1. The molecule has 1 fully saturated rings. The highest BCUT2D eigenvalue weighted by atomic mass is 19.1. The standard InChI is InChI=1S/C29H30FN5O/c1-19-13-27(35(34-19)25-4-2-3-21(14-25)17-31)28(36)16-24-15-23(7-8-26(24)30)29(33-18-20-5-6-20)22-9-11-32-12-10-22/h2-4,7-15,20,29,33H,5-6,16-18,31H2,1H3. The number of hydrogen-bond acceptors (Lipinski definition) is 5. The summed E-state index contributed by atoms with van der Waals surface area (Å²) in [5.74, 6) is 0.101. The highest BCUT2D eigenvalue weighted by Gasteiger charge is 2.24. The number of halogens is 1. The topological polar surface area (TPSA) is 85.8 Å². The predicted octanol–water partition coefficient (Wildman–Crippen LogP) is 4.69. The number of aryl methyl sites for hydroxylation is 1. The molecule has 2 heterocycles. The molecule has 4 aromatic rings. The smallest absolute Gasteiger partial charge is 0.185 e. The molecule has 0 amide bonds. The number of hydrogen-bond donors (Lipinski definition) is 2. The van der Waals surface area contributed by atoms with Crippen LogP contribution < -0.4 is 11.1 Å². The monoisotopic (exact) mass is 483 g/mol. The van der Waals surface area contributed by atoms with Crippen molar-refractivity contribution in [2.75, 3.05) is 6.54 Å². The van der Waals surface area contributed by atoms with Crippen molar-refractivity contribution in [3.8, 4) is 5.69 Å². The molecule has 1 atom stereocenters. The lowest BCUT2D eigenvalue weighted by Gasteiger charge is -2.21. The van der Waals surface area contributed by atoms with Crippen LogP contribution in [0, 0.1) is 18.7 Å². The number of pyridine rings is 1. The Morgan fingerprint density at radius 2 is 1.92 bits per heavy atom. The first-order valence-corrected chi connectivity index (χ1v) is 12.3. The molecule has 184 valence electrons. The molecule has 0 saturated heterocycles. The van der Waals surface area contributed by atoms with Crippen molar-refractivity contribution in [1.82, 2.24) is 20.1 Å². The zero-order valence-corrected chi connectivity index (χ0v) is 20.3. The Balaban J connectivity index is 1.43. The Morgan fingerprint density at radius 3 is 2.67 bits per heavy atom. The van der Waals surface area contributed by atoms with E-state index in [-0.39, 0.29) is 18.2 Å². The molecule has 1 unspecified atom stereocenters. The number of rotatable bonds is 10. The van der Waals surface area contributed by atoms with Crippen molar-refractivity contribution in [3.63, 3.8) is 0 Å².